The van der Waals surface area contributed by atoms with Crippen LogP contribution in [0, 0.1) is 12.7 Å². The number of anilines is 1. The molecule has 23 heavy (non-hydrogen) atoms. The predicted octanol–water partition coefficient (Wildman–Crippen LogP) is 4.01. The van der Waals surface area contributed by atoms with E-state index in [2.05, 4.69) is 5.32 Å². The third-order valence-electron chi connectivity index (χ3n) is 3.09. The fourth-order valence-corrected chi connectivity index (χ4v) is 2.07. The van der Waals surface area contributed by atoms with E-state index < -0.39 is 11.6 Å². The van der Waals surface area contributed by atoms with Gasteiger partial charge in [0, 0.05) is 17.6 Å². The lowest BCUT2D eigenvalue weighted by molar-refractivity contribution is -0.114. The Kier molecular flexibility index (Phi) is 5.34. The molecule has 2 aromatic rings. The number of aryl methyl sites for hydroxylation is 1. The van der Waals surface area contributed by atoms with Gasteiger partial charge in [-0.1, -0.05) is 11.6 Å². The summed E-state index contributed by atoms with van der Waals surface area (Å²) in [4.78, 5) is 23.0. The van der Waals surface area contributed by atoms with Crippen molar-refractivity contribution in [1.82, 2.24) is 0 Å². The van der Waals surface area contributed by atoms with Gasteiger partial charge < -0.3 is 10.1 Å². The summed E-state index contributed by atoms with van der Waals surface area (Å²) in [6.45, 7) is 2.84. The molecule has 0 aliphatic rings. The van der Waals surface area contributed by atoms with E-state index in [0.29, 0.717) is 16.5 Å². The average Bonchev–Trinajstić information content (AvgIpc) is 2.47. The Balaban J connectivity index is 2.05. The number of hydrogen-bond donors (Lipinski definition) is 1. The van der Waals surface area contributed by atoms with Crippen LogP contribution in [0.2, 0.25) is 5.02 Å². The highest BCUT2D eigenvalue weighted by Crippen LogP contribution is 2.21. The van der Waals surface area contributed by atoms with Gasteiger partial charge in [0.25, 0.3) is 0 Å². The minimum absolute atomic E-state index is 0.0928. The normalized spacial score (nSPS) is 10.3. The largest absolute Gasteiger partial charge is 0.485 e. The van der Waals surface area contributed by atoms with Crippen molar-refractivity contribution < 1.29 is 18.7 Å². The lowest BCUT2D eigenvalue weighted by Gasteiger charge is -2.09. The highest BCUT2D eigenvalue weighted by atomic mass is 35.5. The molecule has 0 aromatic heterocycles. The van der Waals surface area contributed by atoms with Gasteiger partial charge in [0.15, 0.2) is 6.61 Å². The zero-order chi connectivity index (χ0) is 17.0. The Morgan fingerprint density at radius 1 is 1.22 bits per heavy atom. The van der Waals surface area contributed by atoms with Gasteiger partial charge in [-0.15, -0.1) is 0 Å². The van der Waals surface area contributed by atoms with Crippen LogP contribution in [0.5, 0.6) is 5.75 Å². The van der Waals surface area contributed by atoms with Gasteiger partial charge in [0.1, 0.15) is 11.6 Å². The quantitative estimate of drug-likeness (QED) is 0.840. The van der Waals surface area contributed by atoms with Crippen LogP contribution in [0.1, 0.15) is 22.8 Å². The Hall–Kier alpha value is -2.40. The van der Waals surface area contributed by atoms with Gasteiger partial charge in [-0.25, -0.2) is 4.39 Å². The molecule has 4 nitrogen and oxygen atoms in total. The number of rotatable bonds is 5. The standard InChI is InChI=1S/C17H15ClFNO3/c1-10-7-13(4-6-15(10)18)23-9-17(22)14-5-3-12(8-16(14)19)20-11(2)21/h3-8H,9H2,1-2H3,(H,20,21). The molecule has 0 fully saturated rings. The lowest BCUT2D eigenvalue weighted by Crippen LogP contribution is -2.14. The van der Waals surface area contributed by atoms with Crippen LogP contribution >= 0.6 is 11.6 Å². The van der Waals surface area contributed by atoms with Crippen LogP contribution in [0.4, 0.5) is 10.1 Å². The van der Waals surface area contributed by atoms with Crippen molar-refractivity contribution in [3.8, 4) is 5.75 Å². The summed E-state index contributed by atoms with van der Waals surface area (Å²) < 4.78 is 19.3. The Bertz CT molecular complexity index is 761. The molecular weight excluding hydrogens is 321 g/mol. The smallest absolute Gasteiger partial charge is 0.221 e. The Labute approximate surface area is 138 Å². The molecule has 1 N–H and O–H groups in total. The van der Waals surface area contributed by atoms with Crippen LogP contribution in [-0.4, -0.2) is 18.3 Å². The second kappa shape index (κ2) is 7.24. The topological polar surface area (TPSA) is 55.4 Å². The monoisotopic (exact) mass is 335 g/mol. The molecule has 0 saturated carbocycles. The van der Waals surface area contributed by atoms with E-state index in [1.165, 1.54) is 19.1 Å². The first-order valence-corrected chi connectivity index (χ1v) is 7.24. The van der Waals surface area contributed by atoms with E-state index in [9.17, 15) is 14.0 Å². The van der Waals surface area contributed by atoms with Crippen molar-refractivity contribution in [2.75, 3.05) is 11.9 Å². The van der Waals surface area contributed by atoms with Gasteiger partial charge in [-0.05, 0) is 48.9 Å². The number of carbonyl (C=O) groups is 2. The fraction of sp³-hybridized carbons (Fsp3) is 0.176. The second-order valence-electron chi connectivity index (χ2n) is 5.00. The number of nitrogens with one attached hydrogen (secondary N) is 1. The summed E-state index contributed by atoms with van der Waals surface area (Å²) in [6, 6.07) is 8.88. The number of ether oxygens (including phenoxy) is 1. The molecule has 0 bridgehead atoms. The molecule has 0 aliphatic heterocycles. The summed E-state index contributed by atoms with van der Waals surface area (Å²) in [5.74, 6) is -1.04. The molecule has 120 valence electrons. The fourth-order valence-electron chi connectivity index (χ4n) is 1.96. The van der Waals surface area contributed by atoms with E-state index in [1.807, 2.05) is 6.92 Å². The van der Waals surface area contributed by atoms with Crippen molar-refractivity contribution in [2.45, 2.75) is 13.8 Å². The minimum atomic E-state index is -0.711. The summed E-state index contributed by atoms with van der Waals surface area (Å²) in [6.07, 6.45) is 0. The van der Waals surface area contributed by atoms with E-state index in [-0.39, 0.29) is 18.1 Å². The lowest BCUT2D eigenvalue weighted by atomic mass is 10.1. The molecule has 0 saturated heterocycles. The van der Waals surface area contributed by atoms with Crippen LogP contribution in [0.15, 0.2) is 36.4 Å². The van der Waals surface area contributed by atoms with Crippen molar-refractivity contribution in [3.63, 3.8) is 0 Å². The molecule has 0 atom stereocenters. The molecule has 2 rings (SSSR count). The zero-order valence-electron chi connectivity index (χ0n) is 12.7. The first-order chi connectivity index (χ1) is 10.9. The van der Waals surface area contributed by atoms with E-state index >= 15 is 0 Å². The van der Waals surface area contributed by atoms with Crippen molar-refractivity contribution >= 4 is 29.0 Å². The second-order valence-corrected chi connectivity index (χ2v) is 5.41. The summed E-state index contributed by atoms with van der Waals surface area (Å²) in [7, 11) is 0. The number of Topliss-reactive ketones (excluding diaryl/α,β-unsaturated/α-hetero) is 1. The summed E-state index contributed by atoms with van der Waals surface area (Å²) in [5, 5.41) is 3.05. The number of ketones is 1. The van der Waals surface area contributed by atoms with Crippen LogP contribution in [0.3, 0.4) is 0 Å². The Morgan fingerprint density at radius 2 is 1.96 bits per heavy atom. The van der Waals surface area contributed by atoms with E-state index in [0.717, 1.165) is 11.6 Å². The molecule has 0 heterocycles. The first kappa shape index (κ1) is 17.0. The van der Waals surface area contributed by atoms with Crippen LogP contribution < -0.4 is 10.1 Å². The third kappa shape index (κ3) is 4.53. The maximum absolute atomic E-state index is 13.9. The molecular formula is C17H15ClFNO3. The van der Waals surface area contributed by atoms with Crippen molar-refractivity contribution in [2.24, 2.45) is 0 Å². The van der Waals surface area contributed by atoms with Crippen molar-refractivity contribution in [3.05, 3.63) is 58.4 Å². The minimum Gasteiger partial charge on any atom is -0.485 e. The van der Waals surface area contributed by atoms with Gasteiger partial charge in [-0.3, -0.25) is 9.59 Å². The molecule has 2 aromatic carbocycles. The maximum Gasteiger partial charge on any atom is 0.221 e. The van der Waals surface area contributed by atoms with Crippen molar-refractivity contribution in [1.29, 1.82) is 0 Å². The summed E-state index contributed by atoms with van der Waals surface area (Å²) >= 11 is 5.91. The van der Waals surface area contributed by atoms with Crippen LogP contribution in [-0.2, 0) is 4.79 Å². The van der Waals surface area contributed by atoms with Crippen LogP contribution in [0.25, 0.3) is 0 Å². The van der Waals surface area contributed by atoms with E-state index in [4.69, 9.17) is 16.3 Å². The van der Waals surface area contributed by atoms with E-state index in [1.54, 1.807) is 18.2 Å². The third-order valence-corrected chi connectivity index (χ3v) is 3.51. The first-order valence-electron chi connectivity index (χ1n) is 6.86. The molecule has 0 unspecified atom stereocenters. The predicted molar refractivity (Wildman–Crippen MR) is 86.7 cm³/mol. The summed E-state index contributed by atoms with van der Waals surface area (Å²) in [5.41, 5.74) is 1.02. The Morgan fingerprint density at radius 3 is 2.57 bits per heavy atom. The zero-order valence-corrected chi connectivity index (χ0v) is 13.4. The molecule has 1 amide bonds. The highest BCUT2D eigenvalue weighted by molar-refractivity contribution is 6.31. The number of amides is 1. The van der Waals surface area contributed by atoms with Gasteiger partial charge in [0.05, 0.1) is 5.56 Å². The molecule has 6 heteroatoms. The average molecular weight is 336 g/mol. The number of hydrogen-bond acceptors (Lipinski definition) is 3. The van der Waals surface area contributed by atoms with Gasteiger partial charge in [-0.2, -0.15) is 0 Å². The molecule has 0 radical (unpaired) electrons. The number of halogens is 2. The number of carbonyl (C=O) groups excluding carboxylic acids is 2. The SMILES string of the molecule is CC(=O)Nc1ccc(C(=O)COc2ccc(Cl)c(C)c2)c(F)c1. The maximum atomic E-state index is 13.9. The number of benzene rings is 2. The highest BCUT2D eigenvalue weighted by Gasteiger charge is 2.13. The van der Waals surface area contributed by atoms with Gasteiger partial charge >= 0.3 is 0 Å². The molecule has 0 aliphatic carbocycles. The molecule has 0 spiro atoms. The van der Waals surface area contributed by atoms with Gasteiger partial charge in [0.2, 0.25) is 11.7 Å².